The molecule has 0 radical (unpaired) electrons. The van der Waals surface area contributed by atoms with Crippen LogP contribution in [0.3, 0.4) is 0 Å². The second-order valence-electron chi connectivity index (χ2n) is 7.72. The van der Waals surface area contributed by atoms with Crippen LogP contribution in [-0.4, -0.2) is 76.1 Å². The summed E-state index contributed by atoms with van der Waals surface area (Å²) in [5.41, 5.74) is -3.67. The summed E-state index contributed by atoms with van der Waals surface area (Å²) < 4.78 is 66.9. The smallest absolute Gasteiger partial charge is 0.432 e. The molecule has 1 aliphatic rings. The number of nitrogens with zero attached hydrogens (tertiary/aromatic N) is 1. The number of rotatable bonds is 10. The summed E-state index contributed by atoms with van der Waals surface area (Å²) in [5, 5.41) is 0. The largest absolute Gasteiger partial charge is 0.497 e. The van der Waals surface area contributed by atoms with E-state index >= 15 is 0 Å². The SMILES string of the molecule is COc1ccc(OC)c(C(=O)CN2CC(COC(=O)[C@@](OC)(c3ccccc3)C(F)(F)F)OC2=O)c1. The third-order valence-corrected chi connectivity index (χ3v) is 5.56. The predicted octanol–water partition coefficient (Wildman–Crippen LogP) is 3.35. The summed E-state index contributed by atoms with van der Waals surface area (Å²) in [6, 6.07) is 10.9. The predicted molar refractivity (Wildman–Crippen MR) is 118 cm³/mol. The van der Waals surface area contributed by atoms with Crippen LogP contribution in [0.5, 0.6) is 11.5 Å². The van der Waals surface area contributed by atoms with Crippen molar-refractivity contribution < 1.29 is 51.2 Å². The number of ether oxygens (including phenoxy) is 5. The van der Waals surface area contributed by atoms with Crippen LogP contribution in [0, 0.1) is 0 Å². The molecular formula is C24H24F3NO8. The minimum Gasteiger partial charge on any atom is -0.497 e. The Labute approximate surface area is 204 Å². The highest BCUT2D eigenvalue weighted by atomic mass is 19.4. The van der Waals surface area contributed by atoms with Gasteiger partial charge in [-0.15, -0.1) is 0 Å². The zero-order valence-corrected chi connectivity index (χ0v) is 19.7. The molecular weight excluding hydrogens is 487 g/mol. The topological polar surface area (TPSA) is 101 Å². The number of ketones is 1. The summed E-state index contributed by atoms with van der Waals surface area (Å²) in [7, 11) is 3.55. The van der Waals surface area contributed by atoms with E-state index in [1.54, 1.807) is 6.07 Å². The number of alkyl halides is 3. The molecule has 0 spiro atoms. The molecule has 3 rings (SSSR count). The molecule has 9 nitrogen and oxygen atoms in total. The first-order chi connectivity index (χ1) is 17.1. The van der Waals surface area contributed by atoms with Crippen molar-refractivity contribution in [3.8, 4) is 11.5 Å². The van der Waals surface area contributed by atoms with Crippen molar-refractivity contribution in [3.63, 3.8) is 0 Å². The Balaban J connectivity index is 1.68. The molecule has 2 atom stereocenters. The van der Waals surface area contributed by atoms with Crippen molar-refractivity contribution >= 4 is 17.8 Å². The number of hydrogen-bond donors (Lipinski definition) is 0. The van der Waals surface area contributed by atoms with Gasteiger partial charge in [-0.3, -0.25) is 9.69 Å². The summed E-state index contributed by atoms with van der Waals surface area (Å²) in [6.07, 6.45) is -7.12. The lowest BCUT2D eigenvalue weighted by Gasteiger charge is -2.32. The van der Waals surface area contributed by atoms with E-state index < -0.39 is 54.4 Å². The summed E-state index contributed by atoms with van der Waals surface area (Å²) in [4.78, 5) is 38.8. The molecule has 0 N–H and O–H groups in total. The maximum atomic E-state index is 14.0. The van der Waals surface area contributed by atoms with E-state index in [9.17, 15) is 27.6 Å². The quantitative estimate of drug-likeness (QED) is 0.354. The zero-order valence-electron chi connectivity index (χ0n) is 19.7. The highest BCUT2D eigenvalue weighted by Crippen LogP contribution is 2.43. The van der Waals surface area contributed by atoms with Crippen LogP contribution in [-0.2, 0) is 24.6 Å². The Hall–Kier alpha value is -3.80. The van der Waals surface area contributed by atoms with Gasteiger partial charge in [-0.1, -0.05) is 30.3 Å². The highest BCUT2D eigenvalue weighted by molar-refractivity contribution is 6.01. The Morgan fingerprint density at radius 2 is 1.75 bits per heavy atom. The van der Waals surface area contributed by atoms with Gasteiger partial charge in [0.15, 0.2) is 11.9 Å². The van der Waals surface area contributed by atoms with Gasteiger partial charge in [-0.05, 0) is 18.2 Å². The lowest BCUT2D eigenvalue weighted by atomic mass is 9.93. The number of halogens is 3. The third kappa shape index (κ3) is 5.23. The molecule has 1 amide bonds. The third-order valence-electron chi connectivity index (χ3n) is 5.56. The van der Waals surface area contributed by atoms with Gasteiger partial charge in [-0.2, -0.15) is 13.2 Å². The molecule has 0 aromatic heterocycles. The molecule has 1 unspecified atom stereocenters. The van der Waals surface area contributed by atoms with E-state index in [0.29, 0.717) is 5.75 Å². The molecule has 2 aromatic carbocycles. The van der Waals surface area contributed by atoms with Gasteiger partial charge in [-0.25, -0.2) is 9.59 Å². The number of Topliss-reactive ketones (excluding diaryl/α,β-unsaturated/α-hetero) is 1. The van der Waals surface area contributed by atoms with Crippen LogP contribution in [0.25, 0.3) is 0 Å². The lowest BCUT2D eigenvalue weighted by Crippen LogP contribution is -2.52. The Kier molecular flexibility index (Phi) is 8.08. The number of hydrogen-bond acceptors (Lipinski definition) is 8. The van der Waals surface area contributed by atoms with Crippen LogP contribution in [0.1, 0.15) is 15.9 Å². The second kappa shape index (κ2) is 10.9. The summed E-state index contributed by atoms with van der Waals surface area (Å²) in [5.74, 6) is -1.53. The van der Waals surface area contributed by atoms with E-state index in [0.717, 1.165) is 24.1 Å². The molecule has 0 saturated carbocycles. The van der Waals surface area contributed by atoms with E-state index in [1.165, 1.54) is 44.6 Å². The maximum Gasteiger partial charge on any atom is 0.432 e. The van der Waals surface area contributed by atoms with Crippen molar-refractivity contribution in [1.82, 2.24) is 4.90 Å². The van der Waals surface area contributed by atoms with Crippen molar-refractivity contribution in [2.75, 3.05) is 41.0 Å². The summed E-state index contributed by atoms with van der Waals surface area (Å²) in [6.45, 7) is -1.27. The molecule has 36 heavy (non-hydrogen) atoms. The van der Waals surface area contributed by atoms with Crippen LogP contribution < -0.4 is 9.47 Å². The second-order valence-corrected chi connectivity index (χ2v) is 7.72. The Morgan fingerprint density at radius 1 is 1.06 bits per heavy atom. The summed E-state index contributed by atoms with van der Waals surface area (Å²) >= 11 is 0. The van der Waals surface area contributed by atoms with Gasteiger partial charge in [0.2, 0.25) is 0 Å². The number of carbonyl (C=O) groups excluding carboxylic acids is 3. The number of cyclic esters (lactones) is 1. The minimum absolute atomic E-state index is 0.164. The van der Waals surface area contributed by atoms with Gasteiger partial charge in [0.05, 0.1) is 32.9 Å². The lowest BCUT2D eigenvalue weighted by molar-refractivity contribution is -0.277. The molecule has 1 saturated heterocycles. The number of esters is 1. The fourth-order valence-corrected chi connectivity index (χ4v) is 3.74. The molecule has 1 fully saturated rings. The van der Waals surface area contributed by atoms with Gasteiger partial charge in [0.1, 0.15) is 18.1 Å². The van der Waals surface area contributed by atoms with Crippen LogP contribution in [0.2, 0.25) is 0 Å². The Morgan fingerprint density at radius 3 is 2.33 bits per heavy atom. The molecule has 12 heteroatoms. The fraction of sp³-hybridized carbons (Fsp3) is 0.375. The van der Waals surface area contributed by atoms with Gasteiger partial charge in [0.25, 0.3) is 5.60 Å². The zero-order chi connectivity index (χ0) is 26.5. The number of benzene rings is 2. The molecule has 0 aliphatic carbocycles. The standard InChI is InChI=1S/C24H24F3NO8/c1-32-16-9-10-20(33-2)18(11-16)19(29)13-28-12-17(36-22(28)31)14-35-21(30)23(34-3,24(25,26)27)15-7-5-4-6-8-15/h4-11,17H,12-14H2,1-3H3/t17?,23-/m0/s1. The van der Waals surface area contributed by atoms with Crippen LogP contribution in [0.4, 0.5) is 18.0 Å². The monoisotopic (exact) mass is 511 g/mol. The van der Waals surface area contributed by atoms with E-state index in [-0.39, 0.29) is 17.9 Å². The van der Waals surface area contributed by atoms with E-state index in [1.807, 2.05) is 0 Å². The fourth-order valence-electron chi connectivity index (χ4n) is 3.74. The minimum atomic E-state index is -5.14. The first-order valence-corrected chi connectivity index (χ1v) is 10.6. The van der Waals surface area contributed by atoms with E-state index in [2.05, 4.69) is 4.74 Å². The number of carbonyl (C=O) groups is 3. The van der Waals surface area contributed by atoms with Crippen molar-refractivity contribution in [2.24, 2.45) is 0 Å². The normalized spacial score (nSPS) is 17.2. The average molecular weight is 511 g/mol. The van der Waals surface area contributed by atoms with Gasteiger partial charge >= 0.3 is 18.2 Å². The van der Waals surface area contributed by atoms with E-state index in [4.69, 9.17) is 18.9 Å². The highest BCUT2D eigenvalue weighted by Gasteiger charge is 2.64. The van der Waals surface area contributed by atoms with Gasteiger partial charge in [0, 0.05) is 12.7 Å². The molecule has 2 aromatic rings. The van der Waals surface area contributed by atoms with Crippen LogP contribution >= 0.6 is 0 Å². The maximum absolute atomic E-state index is 14.0. The number of amides is 1. The first kappa shape index (κ1) is 26.8. The van der Waals surface area contributed by atoms with Crippen molar-refractivity contribution in [1.29, 1.82) is 0 Å². The van der Waals surface area contributed by atoms with Crippen LogP contribution in [0.15, 0.2) is 48.5 Å². The molecule has 1 heterocycles. The molecule has 194 valence electrons. The van der Waals surface area contributed by atoms with Crippen molar-refractivity contribution in [3.05, 3.63) is 59.7 Å². The van der Waals surface area contributed by atoms with Crippen molar-refractivity contribution in [2.45, 2.75) is 17.9 Å². The average Bonchev–Trinajstić information content (AvgIpc) is 3.21. The first-order valence-electron chi connectivity index (χ1n) is 10.6. The number of methoxy groups -OCH3 is 3. The Bertz CT molecular complexity index is 1110. The van der Waals surface area contributed by atoms with Gasteiger partial charge < -0.3 is 23.7 Å². The molecule has 1 aliphatic heterocycles. The molecule has 0 bridgehead atoms.